The van der Waals surface area contributed by atoms with Crippen molar-refractivity contribution in [3.8, 4) is 0 Å². The fourth-order valence-corrected chi connectivity index (χ4v) is 3.84. The van der Waals surface area contributed by atoms with E-state index in [4.69, 9.17) is 0 Å². The van der Waals surface area contributed by atoms with Gasteiger partial charge in [0, 0.05) is 44.3 Å². The summed E-state index contributed by atoms with van der Waals surface area (Å²) in [6.45, 7) is 7.11. The molecule has 1 atom stereocenters. The van der Waals surface area contributed by atoms with Crippen molar-refractivity contribution in [3.05, 3.63) is 48.0 Å². The van der Waals surface area contributed by atoms with E-state index in [2.05, 4.69) is 17.0 Å². The fourth-order valence-electron chi connectivity index (χ4n) is 3.84. The smallest absolute Gasteiger partial charge is 0.230 e. The van der Waals surface area contributed by atoms with Gasteiger partial charge in [0.1, 0.15) is 5.82 Å². The Kier molecular flexibility index (Phi) is 7.81. The van der Waals surface area contributed by atoms with Gasteiger partial charge in [-0.05, 0) is 57.2 Å². The number of nitrogens with zero attached hydrogens (tertiary/aromatic N) is 4. The molecular formula is C20H28N4OY-2. The summed E-state index contributed by atoms with van der Waals surface area (Å²) in [7, 11) is 4.13. The van der Waals surface area contributed by atoms with Gasteiger partial charge in [0.15, 0.2) is 0 Å². The molecule has 0 saturated carbocycles. The normalized spacial score (nSPS) is 20.1. The zero-order valence-corrected chi connectivity index (χ0v) is 19.0. The van der Waals surface area contributed by atoms with E-state index < -0.39 is 0 Å². The molecule has 1 unspecified atom stereocenters. The Labute approximate surface area is 182 Å². The number of carbonyl (C=O) groups is 1. The van der Waals surface area contributed by atoms with E-state index in [1.807, 2.05) is 43.1 Å². The van der Waals surface area contributed by atoms with Gasteiger partial charge in [-0.15, -0.1) is 0 Å². The molecule has 139 valence electrons. The SMILES string of the molecule is [CH2-]N(C[CH-]c1cc(C)nc(C)n1)CN1C(=O)C(C)CC2=C1CCCC2.[Y]. The van der Waals surface area contributed by atoms with Gasteiger partial charge < -0.3 is 9.80 Å². The zero-order chi connectivity index (χ0) is 18.0. The first-order valence-corrected chi connectivity index (χ1v) is 9.17. The van der Waals surface area contributed by atoms with Crippen LogP contribution in [0.5, 0.6) is 0 Å². The number of aryl methyl sites for hydroxylation is 2. The Balaban J connectivity index is 0.00000243. The van der Waals surface area contributed by atoms with Crippen LogP contribution >= 0.6 is 0 Å². The van der Waals surface area contributed by atoms with Crippen LogP contribution in [0.4, 0.5) is 0 Å². The molecule has 1 radical (unpaired) electrons. The van der Waals surface area contributed by atoms with Crippen LogP contribution < -0.4 is 0 Å². The predicted octanol–water partition coefficient (Wildman–Crippen LogP) is 3.39. The number of hydrogen-bond donors (Lipinski definition) is 0. The number of allylic oxidation sites excluding steroid dienone is 2. The summed E-state index contributed by atoms with van der Waals surface area (Å²) in [4.78, 5) is 25.3. The van der Waals surface area contributed by atoms with Crippen molar-refractivity contribution < 1.29 is 37.5 Å². The first kappa shape index (κ1) is 21.5. The molecule has 1 amide bonds. The van der Waals surface area contributed by atoms with Crippen molar-refractivity contribution in [3.63, 3.8) is 0 Å². The summed E-state index contributed by atoms with van der Waals surface area (Å²) in [5.74, 6) is 1.10. The van der Waals surface area contributed by atoms with Gasteiger partial charge in [0.25, 0.3) is 0 Å². The van der Waals surface area contributed by atoms with Crippen molar-refractivity contribution in [2.75, 3.05) is 13.2 Å². The fraction of sp³-hybridized carbons (Fsp3) is 0.550. The van der Waals surface area contributed by atoms with Crippen LogP contribution in [0.2, 0.25) is 0 Å². The molecule has 1 aliphatic heterocycles. The van der Waals surface area contributed by atoms with Gasteiger partial charge in [-0.1, -0.05) is 19.2 Å². The molecule has 0 aromatic carbocycles. The molecule has 0 bridgehead atoms. The van der Waals surface area contributed by atoms with E-state index in [1.165, 1.54) is 24.1 Å². The molecule has 1 aromatic rings. The van der Waals surface area contributed by atoms with Crippen LogP contribution in [-0.4, -0.2) is 38.9 Å². The van der Waals surface area contributed by atoms with Crippen molar-refractivity contribution in [2.45, 2.75) is 52.9 Å². The van der Waals surface area contributed by atoms with E-state index in [0.29, 0.717) is 13.2 Å². The van der Waals surface area contributed by atoms with Gasteiger partial charge in [-0.2, -0.15) is 12.5 Å². The van der Waals surface area contributed by atoms with Gasteiger partial charge in [-0.3, -0.25) is 21.8 Å². The summed E-state index contributed by atoms with van der Waals surface area (Å²) in [5.41, 5.74) is 4.62. The topological polar surface area (TPSA) is 49.3 Å². The predicted molar refractivity (Wildman–Crippen MR) is 98.0 cm³/mol. The molecule has 1 aromatic heterocycles. The van der Waals surface area contributed by atoms with Crippen LogP contribution in [0.15, 0.2) is 17.3 Å². The first-order valence-electron chi connectivity index (χ1n) is 9.17. The average molecular weight is 429 g/mol. The number of aromatic nitrogens is 2. The maximum Gasteiger partial charge on any atom is 0.230 e. The van der Waals surface area contributed by atoms with Gasteiger partial charge in [-0.25, -0.2) is 0 Å². The van der Waals surface area contributed by atoms with Crippen molar-refractivity contribution >= 4 is 5.91 Å². The maximum atomic E-state index is 12.7. The number of rotatable bonds is 5. The second kappa shape index (κ2) is 9.43. The van der Waals surface area contributed by atoms with E-state index >= 15 is 0 Å². The average Bonchev–Trinajstić information content (AvgIpc) is 2.56. The Morgan fingerprint density at radius 1 is 1.31 bits per heavy atom. The molecule has 2 heterocycles. The van der Waals surface area contributed by atoms with E-state index in [0.717, 1.165) is 36.5 Å². The third-order valence-corrected chi connectivity index (χ3v) is 5.00. The molecule has 5 nitrogen and oxygen atoms in total. The van der Waals surface area contributed by atoms with Crippen LogP contribution in [0, 0.1) is 33.2 Å². The Morgan fingerprint density at radius 2 is 2.04 bits per heavy atom. The molecule has 0 spiro atoms. The van der Waals surface area contributed by atoms with E-state index in [1.54, 1.807) is 0 Å². The second-order valence-corrected chi connectivity index (χ2v) is 7.31. The standard InChI is InChI=1S/C20H28N4O.Y/c1-14-11-17-7-5-6-8-19(17)24(20(14)25)13-23(4)10-9-18-12-15(2)21-16(3)22-18;/h9,12,14H,4-8,10-11,13H2,1-3H3;/q-2;. The minimum atomic E-state index is 0. The van der Waals surface area contributed by atoms with Crippen molar-refractivity contribution in [1.82, 2.24) is 19.8 Å². The van der Waals surface area contributed by atoms with Gasteiger partial charge in [0.2, 0.25) is 5.91 Å². The minimum absolute atomic E-state index is 0. The molecular weight excluding hydrogens is 401 g/mol. The number of hydrogen-bond acceptors (Lipinski definition) is 4. The molecule has 26 heavy (non-hydrogen) atoms. The second-order valence-electron chi connectivity index (χ2n) is 7.31. The van der Waals surface area contributed by atoms with Crippen molar-refractivity contribution in [2.24, 2.45) is 5.92 Å². The molecule has 0 N–H and O–H groups in total. The molecule has 0 fully saturated rings. The Bertz CT molecular complexity index is 668. The minimum Gasteiger partial charge on any atom is -0.453 e. The number of amides is 1. The van der Waals surface area contributed by atoms with E-state index in [-0.39, 0.29) is 44.5 Å². The third kappa shape index (κ3) is 5.14. The summed E-state index contributed by atoms with van der Waals surface area (Å²) < 4.78 is 0. The Hall–Kier alpha value is -0.776. The largest absolute Gasteiger partial charge is 0.453 e. The maximum absolute atomic E-state index is 12.7. The van der Waals surface area contributed by atoms with Crippen LogP contribution in [-0.2, 0) is 37.5 Å². The molecule has 6 heteroatoms. The van der Waals surface area contributed by atoms with Crippen LogP contribution in [0.3, 0.4) is 0 Å². The summed E-state index contributed by atoms with van der Waals surface area (Å²) in [5, 5.41) is 0. The quantitative estimate of drug-likeness (QED) is 0.674. The van der Waals surface area contributed by atoms with Gasteiger partial charge in [0.05, 0.1) is 6.67 Å². The van der Waals surface area contributed by atoms with E-state index in [9.17, 15) is 4.79 Å². The molecule has 1 aliphatic carbocycles. The third-order valence-electron chi connectivity index (χ3n) is 5.00. The molecule has 0 saturated heterocycles. The first-order chi connectivity index (χ1) is 11.9. The molecule has 2 aliphatic rings. The summed E-state index contributed by atoms with van der Waals surface area (Å²) in [6, 6.07) is 1.97. The zero-order valence-electron chi connectivity index (χ0n) is 16.2. The molecule has 3 rings (SSSR count). The summed E-state index contributed by atoms with van der Waals surface area (Å²) in [6.07, 6.45) is 7.58. The monoisotopic (exact) mass is 429 g/mol. The Morgan fingerprint density at radius 3 is 2.77 bits per heavy atom. The van der Waals surface area contributed by atoms with Crippen molar-refractivity contribution in [1.29, 1.82) is 0 Å². The number of carbonyl (C=O) groups excluding carboxylic acids is 1. The summed E-state index contributed by atoms with van der Waals surface area (Å²) >= 11 is 0. The van der Waals surface area contributed by atoms with Gasteiger partial charge >= 0.3 is 0 Å². The van der Waals surface area contributed by atoms with Crippen LogP contribution in [0.1, 0.15) is 56.2 Å². The van der Waals surface area contributed by atoms with Crippen LogP contribution in [0.25, 0.3) is 0 Å².